The summed E-state index contributed by atoms with van der Waals surface area (Å²) in [6.07, 6.45) is 6.12. The largest absolute Gasteiger partial charge is 0.352 e. The molecule has 1 aromatic carbocycles. The molecule has 176 valence electrons. The number of rotatable bonds is 5. The predicted octanol–water partition coefficient (Wildman–Crippen LogP) is 3.25. The molecular formula is C26H34N4O3. The predicted molar refractivity (Wildman–Crippen MR) is 130 cm³/mol. The molecule has 33 heavy (non-hydrogen) atoms. The highest BCUT2D eigenvalue weighted by Gasteiger charge is 2.33. The van der Waals surface area contributed by atoms with Gasteiger partial charge in [0.25, 0.3) is 17.4 Å². The van der Waals surface area contributed by atoms with E-state index in [1.54, 1.807) is 38.2 Å². The van der Waals surface area contributed by atoms with Gasteiger partial charge in [0.15, 0.2) is 0 Å². The monoisotopic (exact) mass is 450 g/mol. The van der Waals surface area contributed by atoms with Crippen LogP contribution in [0.5, 0.6) is 0 Å². The number of pyridine rings is 1. The van der Waals surface area contributed by atoms with Crippen molar-refractivity contribution in [1.29, 1.82) is 0 Å². The molecule has 2 aliphatic heterocycles. The van der Waals surface area contributed by atoms with Crippen molar-refractivity contribution in [3.8, 4) is 0 Å². The summed E-state index contributed by atoms with van der Waals surface area (Å²) in [7, 11) is 1.65. The van der Waals surface area contributed by atoms with Gasteiger partial charge >= 0.3 is 0 Å². The minimum absolute atomic E-state index is 0.118. The molecule has 2 aliphatic rings. The SMILES string of the molecule is Cc1cc(C)n(C)c(=O)c1C(=O)Nc1cccc(C(=O)NC[C@@H]2CCCN3CCCC[C@H]23)c1. The number of carbonyl (C=O) groups is 2. The van der Waals surface area contributed by atoms with Gasteiger partial charge in [0, 0.05) is 36.6 Å². The van der Waals surface area contributed by atoms with Gasteiger partial charge in [-0.05, 0) is 88.4 Å². The molecule has 1 aromatic heterocycles. The number of carbonyl (C=O) groups excluding carboxylic acids is 2. The van der Waals surface area contributed by atoms with Crippen LogP contribution in [0, 0.1) is 19.8 Å². The van der Waals surface area contributed by atoms with Gasteiger partial charge in [0.2, 0.25) is 0 Å². The fraction of sp³-hybridized carbons (Fsp3) is 0.500. The maximum atomic E-state index is 12.9. The zero-order valence-electron chi connectivity index (χ0n) is 19.8. The molecule has 7 heteroatoms. The number of amides is 2. The number of aromatic nitrogens is 1. The molecule has 0 bridgehead atoms. The van der Waals surface area contributed by atoms with Crippen LogP contribution in [0.25, 0.3) is 0 Å². The zero-order chi connectivity index (χ0) is 23.5. The summed E-state index contributed by atoms with van der Waals surface area (Å²) >= 11 is 0. The molecule has 0 aliphatic carbocycles. The van der Waals surface area contributed by atoms with E-state index in [0.29, 0.717) is 35.3 Å². The maximum Gasteiger partial charge on any atom is 0.263 e. The Bertz CT molecular complexity index is 1110. The summed E-state index contributed by atoms with van der Waals surface area (Å²) in [5, 5.41) is 5.90. The zero-order valence-corrected chi connectivity index (χ0v) is 19.8. The van der Waals surface area contributed by atoms with Gasteiger partial charge in [0.05, 0.1) is 0 Å². The average molecular weight is 451 g/mol. The number of benzene rings is 1. The van der Waals surface area contributed by atoms with Crippen molar-refractivity contribution in [2.45, 2.75) is 52.0 Å². The third kappa shape index (κ3) is 5.03. The topological polar surface area (TPSA) is 83.4 Å². The first kappa shape index (κ1) is 23.2. The van der Waals surface area contributed by atoms with E-state index in [1.807, 2.05) is 13.0 Å². The molecule has 0 radical (unpaired) electrons. The molecule has 2 N–H and O–H groups in total. The van der Waals surface area contributed by atoms with Crippen molar-refractivity contribution in [2.75, 3.05) is 25.0 Å². The molecular weight excluding hydrogens is 416 g/mol. The Morgan fingerprint density at radius 2 is 1.82 bits per heavy atom. The first-order valence-corrected chi connectivity index (χ1v) is 12.0. The van der Waals surface area contributed by atoms with E-state index in [9.17, 15) is 14.4 Å². The van der Waals surface area contributed by atoms with Gasteiger partial charge in [-0.25, -0.2) is 0 Å². The fourth-order valence-electron chi connectivity index (χ4n) is 5.33. The van der Waals surface area contributed by atoms with Gasteiger partial charge in [-0.2, -0.15) is 0 Å². The Labute approximate surface area is 195 Å². The molecule has 0 saturated carbocycles. The summed E-state index contributed by atoms with van der Waals surface area (Å²) in [4.78, 5) is 40.9. The number of fused-ring (bicyclic) bond motifs is 1. The molecule has 7 nitrogen and oxygen atoms in total. The van der Waals surface area contributed by atoms with Crippen LogP contribution in [0.1, 0.15) is 64.1 Å². The van der Waals surface area contributed by atoms with Gasteiger partial charge in [-0.1, -0.05) is 12.5 Å². The summed E-state index contributed by atoms with van der Waals surface area (Å²) in [6.45, 7) is 6.62. The lowest BCUT2D eigenvalue weighted by atomic mass is 9.83. The van der Waals surface area contributed by atoms with Crippen molar-refractivity contribution in [3.05, 3.63) is 63.1 Å². The average Bonchev–Trinajstić information content (AvgIpc) is 2.81. The fourth-order valence-corrected chi connectivity index (χ4v) is 5.33. The standard InChI is InChI=1S/C26H34N4O3/c1-17-14-18(2)29(3)26(33)23(17)25(32)28-21-10-6-8-19(15-21)24(31)27-16-20-9-7-13-30-12-5-4-11-22(20)30/h6,8,10,14-15,20,22H,4-5,7,9,11-13,16H2,1-3H3,(H,27,31)(H,28,32)/t20-,22+/m0/s1. The summed E-state index contributed by atoms with van der Waals surface area (Å²) in [5.41, 5.74) is 2.20. The Kier molecular flexibility index (Phi) is 6.98. The van der Waals surface area contributed by atoms with Crippen molar-refractivity contribution in [1.82, 2.24) is 14.8 Å². The number of nitrogens with one attached hydrogen (secondary N) is 2. The molecule has 2 fully saturated rings. The van der Waals surface area contributed by atoms with Crippen molar-refractivity contribution >= 4 is 17.5 Å². The Balaban J connectivity index is 1.41. The molecule has 0 unspecified atom stereocenters. The number of nitrogens with zero attached hydrogens (tertiary/aromatic N) is 2. The lowest BCUT2D eigenvalue weighted by Crippen LogP contribution is -2.51. The number of hydrogen-bond donors (Lipinski definition) is 2. The molecule has 2 atom stereocenters. The van der Waals surface area contributed by atoms with Crippen LogP contribution in [0.3, 0.4) is 0 Å². The second kappa shape index (κ2) is 9.91. The molecule has 4 rings (SSSR count). The minimum Gasteiger partial charge on any atom is -0.352 e. The van der Waals surface area contributed by atoms with E-state index in [-0.39, 0.29) is 17.0 Å². The third-order valence-electron chi connectivity index (χ3n) is 7.23. The number of piperidine rings is 2. The Morgan fingerprint density at radius 3 is 2.64 bits per heavy atom. The minimum atomic E-state index is -0.467. The molecule has 2 aromatic rings. The second-order valence-electron chi connectivity index (χ2n) is 9.45. The van der Waals surface area contributed by atoms with E-state index in [4.69, 9.17) is 0 Å². The third-order valence-corrected chi connectivity index (χ3v) is 7.23. The summed E-state index contributed by atoms with van der Waals surface area (Å²) in [6, 6.07) is 9.28. The van der Waals surface area contributed by atoms with Crippen LogP contribution in [0.15, 0.2) is 35.1 Å². The van der Waals surface area contributed by atoms with Crippen LogP contribution in [0.2, 0.25) is 0 Å². The second-order valence-corrected chi connectivity index (χ2v) is 9.45. The first-order valence-electron chi connectivity index (χ1n) is 12.0. The number of hydrogen-bond acceptors (Lipinski definition) is 4. The molecule has 0 spiro atoms. The molecule has 3 heterocycles. The summed E-state index contributed by atoms with van der Waals surface area (Å²) in [5.74, 6) is -0.113. The van der Waals surface area contributed by atoms with Crippen LogP contribution < -0.4 is 16.2 Å². The molecule has 2 saturated heterocycles. The lowest BCUT2D eigenvalue weighted by molar-refractivity contribution is 0.0575. The maximum absolute atomic E-state index is 12.9. The lowest BCUT2D eigenvalue weighted by Gasteiger charge is -2.44. The quantitative estimate of drug-likeness (QED) is 0.733. The number of anilines is 1. The van der Waals surface area contributed by atoms with Crippen LogP contribution in [0.4, 0.5) is 5.69 Å². The van der Waals surface area contributed by atoms with Gasteiger partial charge in [-0.15, -0.1) is 0 Å². The van der Waals surface area contributed by atoms with Gasteiger partial charge in [-0.3, -0.25) is 14.4 Å². The van der Waals surface area contributed by atoms with E-state index in [1.165, 1.54) is 43.3 Å². The van der Waals surface area contributed by atoms with Crippen molar-refractivity contribution in [3.63, 3.8) is 0 Å². The normalized spacial score (nSPS) is 20.7. The Morgan fingerprint density at radius 1 is 1.03 bits per heavy atom. The van der Waals surface area contributed by atoms with E-state index >= 15 is 0 Å². The highest BCUT2D eigenvalue weighted by Crippen LogP contribution is 2.30. The highest BCUT2D eigenvalue weighted by molar-refractivity contribution is 6.05. The number of aryl methyl sites for hydroxylation is 2. The summed E-state index contributed by atoms with van der Waals surface area (Å²) < 4.78 is 1.46. The van der Waals surface area contributed by atoms with Crippen LogP contribution >= 0.6 is 0 Å². The van der Waals surface area contributed by atoms with E-state index in [2.05, 4.69) is 15.5 Å². The van der Waals surface area contributed by atoms with Crippen molar-refractivity contribution in [2.24, 2.45) is 13.0 Å². The van der Waals surface area contributed by atoms with Crippen molar-refractivity contribution < 1.29 is 9.59 Å². The Hall–Kier alpha value is -2.93. The van der Waals surface area contributed by atoms with Crippen LogP contribution in [-0.4, -0.2) is 47.0 Å². The smallest absolute Gasteiger partial charge is 0.263 e. The van der Waals surface area contributed by atoms with E-state index in [0.717, 1.165) is 12.1 Å². The van der Waals surface area contributed by atoms with Gasteiger partial charge < -0.3 is 20.1 Å². The molecule has 2 amide bonds. The van der Waals surface area contributed by atoms with Gasteiger partial charge in [0.1, 0.15) is 5.56 Å². The van der Waals surface area contributed by atoms with Crippen LogP contribution in [-0.2, 0) is 7.05 Å². The highest BCUT2D eigenvalue weighted by atomic mass is 16.2. The first-order chi connectivity index (χ1) is 15.8. The van der Waals surface area contributed by atoms with E-state index < -0.39 is 5.91 Å².